The molecule has 0 radical (unpaired) electrons. The van der Waals surface area contributed by atoms with Crippen LogP contribution in [0.15, 0.2) is 48.5 Å². The predicted octanol–water partition coefficient (Wildman–Crippen LogP) is 2.66. The van der Waals surface area contributed by atoms with Gasteiger partial charge in [0.25, 0.3) is 0 Å². The third kappa shape index (κ3) is 6.29. The van der Waals surface area contributed by atoms with Gasteiger partial charge in [-0.3, -0.25) is 14.5 Å². The van der Waals surface area contributed by atoms with Crippen LogP contribution in [0.3, 0.4) is 0 Å². The summed E-state index contributed by atoms with van der Waals surface area (Å²) in [6.45, 7) is 6.98. The summed E-state index contributed by atoms with van der Waals surface area (Å²) in [5, 5.41) is 5.30. The number of piperazine rings is 1. The summed E-state index contributed by atoms with van der Waals surface area (Å²) in [5.74, 6) is -1.48. The van der Waals surface area contributed by atoms with Gasteiger partial charge in [0.1, 0.15) is 5.82 Å². The van der Waals surface area contributed by atoms with E-state index in [0.717, 1.165) is 51.3 Å². The van der Waals surface area contributed by atoms with Gasteiger partial charge in [0.15, 0.2) is 0 Å². The minimum atomic E-state index is -0.646. The molecule has 0 aliphatic carbocycles. The molecule has 0 aromatic heterocycles. The lowest BCUT2D eigenvalue weighted by molar-refractivity contribution is -0.136. The molecule has 0 atom stereocenters. The van der Waals surface area contributed by atoms with E-state index in [1.54, 1.807) is 12.1 Å². The Kier molecular flexibility index (Phi) is 7.79. The van der Waals surface area contributed by atoms with Crippen LogP contribution in [0, 0.1) is 5.82 Å². The van der Waals surface area contributed by atoms with Gasteiger partial charge in [-0.15, -0.1) is 0 Å². The Bertz CT molecular complexity index is 831. The van der Waals surface area contributed by atoms with Crippen LogP contribution in [0.25, 0.3) is 0 Å². The molecule has 0 bridgehead atoms. The highest BCUT2D eigenvalue weighted by Gasteiger charge is 2.17. The van der Waals surface area contributed by atoms with Gasteiger partial charge >= 0.3 is 11.8 Å². The first-order valence-corrected chi connectivity index (χ1v) is 10.5. The fraction of sp³-hybridized carbons (Fsp3) is 0.391. The molecule has 1 saturated heterocycles. The quantitative estimate of drug-likeness (QED) is 0.542. The van der Waals surface area contributed by atoms with Crippen molar-refractivity contribution < 1.29 is 14.0 Å². The maximum atomic E-state index is 13.1. The lowest BCUT2D eigenvalue weighted by Gasteiger charge is -2.36. The Morgan fingerprint density at radius 1 is 0.933 bits per heavy atom. The zero-order valence-corrected chi connectivity index (χ0v) is 17.4. The van der Waals surface area contributed by atoms with Crippen molar-refractivity contribution in [3.05, 3.63) is 59.9 Å². The summed E-state index contributed by atoms with van der Waals surface area (Å²) in [4.78, 5) is 28.5. The van der Waals surface area contributed by atoms with Crippen LogP contribution in [0.4, 0.5) is 15.8 Å². The third-order valence-electron chi connectivity index (χ3n) is 5.33. The number of nitrogens with one attached hydrogen (secondary N) is 2. The maximum Gasteiger partial charge on any atom is 0.313 e. The van der Waals surface area contributed by atoms with Crippen molar-refractivity contribution in [3.63, 3.8) is 0 Å². The molecule has 6 nitrogen and oxygen atoms in total. The van der Waals surface area contributed by atoms with Crippen molar-refractivity contribution in [1.82, 2.24) is 10.2 Å². The number of aryl methyl sites for hydroxylation is 1. The first-order chi connectivity index (χ1) is 14.5. The number of benzene rings is 2. The summed E-state index contributed by atoms with van der Waals surface area (Å²) < 4.78 is 13.1. The van der Waals surface area contributed by atoms with Crippen molar-refractivity contribution in [2.45, 2.75) is 19.8 Å². The minimum absolute atomic E-state index is 0.220. The first kappa shape index (κ1) is 21.8. The molecule has 0 spiro atoms. The van der Waals surface area contributed by atoms with Crippen molar-refractivity contribution in [2.75, 3.05) is 49.5 Å². The number of rotatable bonds is 7. The number of halogens is 1. The highest BCUT2D eigenvalue weighted by Crippen LogP contribution is 2.17. The predicted molar refractivity (Wildman–Crippen MR) is 117 cm³/mol. The van der Waals surface area contributed by atoms with E-state index < -0.39 is 11.8 Å². The number of hydrogen-bond acceptors (Lipinski definition) is 4. The topological polar surface area (TPSA) is 64.7 Å². The van der Waals surface area contributed by atoms with Gasteiger partial charge < -0.3 is 15.5 Å². The van der Waals surface area contributed by atoms with E-state index >= 15 is 0 Å². The van der Waals surface area contributed by atoms with Crippen LogP contribution in [0.1, 0.15) is 18.9 Å². The van der Waals surface area contributed by atoms with Crippen molar-refractivity contribution in [2.24, 2.45) is 0 Å². The summed E-state index contributed by atoms with van der Waals surface area (Å²) in [7, 11) is 0. The minimum Gasteiger partial charge on any atom is -0.369 e. The highest BCUT2D eigenvalue weighted by molar-refractivity contribution is 6.39. The Labute approximate surface area is 177 Å². The van der Waals surface area contributed by atoms with Gasteiger partial charge in [0.05, 0.1) is 0 Å². The SMILES string of the molecule is CCc1ccc(NC(=O)C(=O)NCCCN2CCN(c3ccc(F)cc3)CC2)cc1. The molecule has 2 aromatic carbocycles. The molecule has 1 aliphatic rings. The van der Waals surface area contributed by atoms with Crippen LogP contribution in [-0.4, -0.2) is 56.0 Å². The van der Waals surface area contributed by atoms with E-state index in [9.17, 15) is 14.0 Å². The smallest absolute Gasteiger partial charge is 0.313 e. The molecule has 3 rings (SSSR count). The largest absolute Gasteiger partial charge is 0.369 e. The van der Waals surface area contributed by atoms with Crippen molar-refractivity contribution in [1.29, 1.82) is 0 Å². The third-order valence-corrected chi connectivity index (χ3v) is 5.33. The molecule has 1 fully saturated rings. The van der Waals surface area contributed by atoms with Crippen molar-refractivity contribution >= 4 is 23.2 Å². The normalized spacial score (nSPS) is 14.4. The van der Waals surface area contributed by atoms with E-state index in [4.69, 9.17) is 0 Å². The van der Waals surface area contributed by atoms with Crippen LogP contribution >= 0.6 is 0 Å². The van der Waals surface area contributed by atoms with Crippen LogP contribution in [0.2, 0.25) is 0 Å². The second-order valence-electron chi connectivity index (χ2n) is 7.42. The Morgan fingerprint density at radius 3 is 2.23 bits per heavy atom. The molecule has 7 heteroatoms. The van der Waals surface area contributed by atoms with Crippen LogP contribution < -0.4 is 15.5 Å². The lowest BCUT2D eigenvalue weighted by atomic mass is 10.1. The fourth-order valence-corrected chi connectivity index (χ4v) is 3.48. The average molecular weight is 413 g/mol. The summed E-state index contributed by atoms with van der Waals surface area (Å²) in [6.07, 6.45) is 1.71. The van der Waals surface area contributed by atoms with Gasteiger partial charge in [0, 0.05) is 44.1 Å². The first-order valence-electron chi connectivity index (χ1n) is 10.5. The second-order valence-corrected chi connectivity index (χ2v) is 7.42. The number of hydrogen-bond donors (Lipinski definition) is 2. The number of anilines is 2. The Balaban J connectivity index is 1.31. The second kappa shape index (κ2) is 10.7. The van der Waals surface area contributed by atoms with Gasteiger partial charge in [0.2, 0.25) is 0 Å². The molecule has 2 N–H and O–H groups in total. The van der Waals surface area contributed by atoms with E-state index in [1.165, 1.54) is 17.7 Å². The number of carbonyl (C=O) groups excluding carboxylic acids is 2. The van der Waals surface area contributed by atoms with E-state index in [-0.39, 0.29) is 5.82 Å². The van der Waals surface area contributed by atoms with E-state index in [1.807, 2.05) is 24.3 Å². The molecular formula is C23H29FN4O2. The molecule has 2 aromatic rings. The highest BCUT2D eigenvalue weighted by atomic mass is 19.1. The number of amides is 2. The van der Waals surface area contributed by atoms with E-state index in [0.29, 0.717) is 12.2 Å². The molecule has 0 saturated carbocycles. The zero-order chi connectivity index (χ0) is 21.3. The molecule has 1 aliphatic heterocycles. The van der Waals surface area contributed by atoms with Crippen LogP contribution in [0.5, 0.6) is 0 Å². The van der Waals surface area contributed by atoms with Gasteiger partial charge in [-0.05, 0) is 61.3 Å². The molecule has 1 heterocycles. The summed E-state index contributed by atoms with van der Waals surface area (Å²) in [5.41, 5.74) is 2.83. The lowest BCUT2D eigenvalue weighted by Crippen LogP contribution is -2.47. The molecule has 0 unspecified atom stereocenters. The number of nitrogens with zero attached hydrogens (tertiary/aromatic N) is 2. The summed E-state index contributed by atoms with van der Waals surface area (Å²) >= 11 is 0. The van der Waals surface area contributed by atoms with Gasteiger partial charge in [-0.2, -0.15) is 0 Å². The average Bonchev–Trinajstić information content (AvgIpc) is 2.78. The molecular weight excluding hydrogens is 383 g/mol. The maximum absolute atomic E-state index is 13.1. The zero-order valence-electron chi connectivity index (χ0n) is 17.4. The van der Waals surface area contributed by atoms with Crippen molar-refractivity contribution in [3.8, 4) is 0 Å². The standard InChI is InChI=1S/C23H29FN4O2/c1-2-18-4-8-20(9-5-18)26-23(30)22(29)25-12-3-13-27-14-16-28(17-15-27)21-10-6-19(24)7-11-21/h4-11H,2-3,12-17H2,1H3,(H,25,29)(H,26,30). The van der Waals surface area contributed by atoms with Gasteiger partial charge in [-0.25, -0.2) is 4.39 Å². The Hall–Kier alpha value is -2.93. The number of carbonyl (C=O) groups is 2. The monoisotopic (exact) mass is 412 g/mol. The molecule has 160 valence electrons. The van der Waals surface area contributed by atoms with Crippen LogP contribution in [-0.2, 0) is 16.0 Å². The van der Waals surface area contributed by atoms with E-state index in [2.05, 4.69) is 27.4 Å². The Morgan fingerprint density at radius 2 is 1.60 bits per heavy atom. The van der Waals surface area contributed by atoms with Gasteiger partial charge in [-0.1, -0.05) is 19.1 Å². The fourth-order valence-electron chi connectivity index (χ4n) is 3.48. The molecule has 2 amide bonds. The molecule has 30 heavy (non-hydrogen) atoms. The summed E-state index contributed by atoms with van der Waals surface area (Å²) in [6, 6.07) is 14.1.